The lowest BCUT2D eigenvalue weighted by atomic mass is 9.60. The maximum atomic E-state index is 13.9. The highest BCUT2D eigenvalue weighted by atomic mass is 16.4. The average Bonchev–Trinajstić information content (AvgIpc) is 3.48. The van der Waals surface area contributed by atoms with E-state index >= 15 is 0 Å². The van der Waals surface area contributed by atoms with Gasteiger partial charge in [0, 0.05) is 16.7 Å². The number of furan rings is 1. The second kappa shape index (κ2) is 8.63. The summed E-state index contributed by atoms with van der Waals surface area (Å²) in [5.74, 6) is -2.35. The zero-order valence-corrected chi connectivity index (χ0v) is 20.7. The first-order valence-corrected chi connectivity index (χ1v) is 12.7. The smallest absolute Gasteiger partial charge is 0.238 e. The van der Waals surface area contributed by atoms with E-state index in [-0.39, 0.29) is 36.4 Å². The van der Waals surface area contributed by atoms with Gasteiger partial charge >= 0.3 is 0 Å². The number of fused-ring (bicyclic) bond motifs is 3. The summed E-state index contributed by atoms with van der Waals surface area (Å²) in [5.41, 5.74) is 3.63. The van der Waals surface area contributed by atoms with Crippen molar-refractivity contribution in [1.29, 1.82) is 0 Å². The molecule has 7 heteroatoms. The van der Waals surface area contributed by atoms with E-state index in [1.807, 2.05) is 25.1 Å². The molecule has 2 amide bonds. The van der Waals surface area contributed by atoms with Crippen LogP contribution in [0.25, 0.3) is 0 Å². The Labute approximate surface area is 214 Å². The van der Waals surface area contributed by atoms with Gasteiger partial charge in [-0.3, -0.25) is 24.1 Å². The van der Waals surface area contributed by atoms with Crippen LogP contribution in [-0.2, 0) is 32.2 Å². The third-order valence-electron chi connectivity index (χ3n) is 8.29. The number of aliphatic hydroxyl groups is 1. The number of carbonyl (C=O) groups excluding carboxylic acids is 4. The molecule has 6 rings (SSSR count). The van der Waals surface area contributed by atoms with Gasteiger partial charge in [0.2, 0.25) is 11.8 Å². The number of anilines is 1. The van der Waals surface area contributed by atoms with Crippen LogP contribution in [0.4, 0.5) is 5.69 Å². The molecule has 4 unspecified atom stereocenters. The fourth-order valence-corrected chi connectivity index (χ4v) is 6.46. The van der Waals surface area contributed by atoms with E-state index in [9.17, 15) is 24.3 Å². The number of allylic oxidation sites excluding steroid dienone is 6. The van der Waals surface area contributed by atoms with Gasteiger partial charge in [0.15, 0.2) is 11.6 Å². The van der Waals surface area contributed by atoms with Crippen LogP contribution in [0.3, 0.4) is 0 Å². The maximum absolute atomic E-state index is 13.9. The van der Waals surface area contributed by atoms with Crippen LogP contribution in [0.2, 0.25) is 0 Å². The van der Waals surface area contributed by atoms with Crippen LogP contribution in [0, 0.1) is 17.8 Å². The van der Waals surface area contributed by atoms with Crippen molar-refractivity contribution in [2.75, 3.05) is 4.90 Å². The van der Waals surface area contributed by atoms with Crippen LogP contribution in [0.5, 0.6) is 0 Å². The number of benzene rings is 1. The molecule has 1 aromatic carbocycles. The fraction of sp³-hybridized carbons (Fsp3) is 0.333. The highest BCUT2D eigenvalue weighted by molar-refractivity contribution is 6.25. The van der Waals surface area contributed by atoms with Crippen LogP contribution in [0.15, 0.2) is 75.3 Å². The molecule has 7 nitrogen and oxygen atoms in total. The Balaban J connectivity index is 1.45. The first-order valence-electron chi connectivity index (χ1n) is 12.7. The van der Waals surface area contributed by atoms with Gasteiger partial charge in [-0.2, -0.15) is 0 Å². The van der Waals surface area contributed by atoms with Crippen LogP contribution >= 0.6 is 0 Å². The molecule has 2 aromatic rings. The number of imide groups is 1. The topological polar surface area (TPSA) is 105 Å². The SMILES string of the molecule is CCc1ccc(N2C(=O)C3CC=C4C(c5ccc(CO)o5)C5=C(CC4C3C2=O)C(=O)C=C(C)C5=O)cc1. The van der Waals surface area contributed by atoms with Crippen molar-refractivity contribution in [3.8, 4) is 0 Å². The highest BCUT2D eigenvalue weighted by Gasteiger charge is 2.57. The summed E-state index contributed by atoms with van der Waals surface area (Å²) in [4.78, 5) is 55.1. The van der Waals surface area contributed by atoms with Crippen molar-refractivity contribution in [3.63, 3.8) is 0 Å². The van der Waals surface area contributed by atoms with Crippen molar-refractivity contribution in [2.45, 2.75) is 45.6 Å². The molecule has 1 aromatic heterocycles. The number of aryl methyl sites for hydroxylation is 1. The number of carbonyl (C=O) groups is 4. The molecule has 3 aliphatic carbocycles. The standard InChI is InChI=1S/C30H27NO6/c1-3-16-4-6-17(7-5-16)31-29(35)20-10-9-19-21(25(20)30(31)36)13-22-23(33)12-15(2)28(34)27(22)26(19)24-11-8-18(14-32)37-24/h4-9,11-12,20-21,25-26,32H,3,10,13-14H2,1-2H3. The molecule has 0 spiro atoms. The number of ketones is 2. The van der Waals surface area contributed by atoms with Crippen molar-refractivity contribution in [2.24, 2.45) is 17.8 Å². The van der Waals surface area contributed by atoms with E-state index in [0.717, 1.165) is 17.6 Å². The monoisotopic (exact) mass is 497 g/mol. The Morgan fingerprint density at radius 2 is 1.76 bits per heavy atom. The molecule has 4 atom stereocenters. The lowest BCUT2D eigenvalue weighted by Crippen LogP contribution is -2.39. The Hall–Kier alpha value is -3.84. The number of hydrogen-bond donors (Lipinski definition) is 1. The predicted molar refractivity (Wildman–Crippen MR) is 134 cm³/mol. The molecule has 0 radical (unpaired) electrons. The van der Waals surface area contributed by atoms with E-state index < -0.39 is 23.7 Å². The molecule has 0 bridgehead atoms. The summed E-state index contributed by atoms with van der Waals surface area (Å²) in [6.07, 6.45) is 4.77. The summed E-state index contributed by atoms with van der Waals surface area (Å²) in [6.45, 7) is 3.37. The number of nitrogens with zero attached hydrogens (tertiary/aromatic N) is 1. The van der Waals surface area contributed by atoms with E-state index in [1.54, 1.807) is 31.2 Å². The first kappa shape index (κ1) is 23.6. The minimum absolute atomic E-state index is 0.213. The van der Waals surface area contributed by atoms with Gasteiger partial charge in [-0.05, 0) is 68.0 Å². The van der Waals surface area contributed by atoms with Crippen LogP contribution in [-0.4, -0.2) is 28.5 Å². The molecule has 37 heavy (non-hydrogen) atoms. The number of aliphatic hydroxyl groups excluding tert-OH is 1. The Morgan fingerprint density at radius 3 is 2.43 bits per heavy atom. The maximum Gasteiger partial charge on any atom is 0.238 e. The molecule has 1 fully saturated rings. The predicted octanol–water partition coefficient (Wildman–Crippen LogP) is 3.97. The van der Waals surface area contributed by atoms with Gasteiger partial charge < -0.3 is 9.52 Å². The van der Waals surface area contributed by atoms with Gasteiger partial charge in [-0.15, -0.1) is 0 Å². The summed E-state index contributed by atoms with van der Waals surface area (Å²) in [6, 6.07) is 10.8. The van der Waals surface area contributed by atoms with Crippen LogP contribution < -0.4 is 4.90 Å². The lowest BCUT2D eigenvalue weighted by molar-refractivity contribution is -0.123. The highest BCUT2D eigenvalue weighted by Crippen LogP contribution is 2.55. The van der Waals surface area contributed by atoms with E-state index in [1.165, 1.54) is 11.0 Å². The van der Waals surface area contributed by atoms with Gasteiger partial charge in [0.1, 0.15) is 18.1 Å². The number of amides is 2. The van der Waals surface area contributed by atoms with Crippen molar-refractivity contribution >= 4 is 29.1 Å². The second-order valence-corrected chi connectivity index (χ2v) is 10.2. The average molecular weight is 498 g/mol. The van der Waals surface area contributed by atoms with E-state index in [0.29, 0.717) is 40.3 Å². The molecule has 2 heterocycles. The molecular weight excluding hydrogens is 470 g/mol. The molecular formula is C30H27NO6. The molecule has 1 saturated heterocycles. The quantitative estimate of drug-likeness (QED) is 0.389. The zero-order valence-electron chi connectivity index (χ0n) is 20.7. The molecule has 0 saturated carbocycles. The summed E-state index contributed by atoms with van der Waals surface area (Å²) in [7, 11) is 0. The van der Waals surface area contributed by atoms with Crippen molar-refractivity contribution < 1.29 is 28.7 Å². The van der Waals surface area contributed by atoms with Crippen molar-refractivity contribution in [1.82, 2.24) is 0 Å². The molecule has 1 N–H and O–H groups in total. The molecule has 188 valence electrons. The van der Waals surface area contributed by atoms with Gasteiger partial charge in [-0.1, -0.05) is 30.7 Å². The minimum Gasteiger partial charge on any atom is -0.463 e. The second-order valence-electron chi connectivity index (χ2n) is 10.2. The Bertz CT molecular complexity index is 1450. The van der Waals surface area contributed by atoms with Crippen molar-refractivity contribution in [3.05, 3.63) is 87.9 Å². The normalized spacial score (nSPS) is 27.2. The third-order valence-corrected chi connectivity index (χ3v) is 8.29. The molecule has 1 aliphatic heterocycles. The first-order chi connectivity index (χ1) is 17.8. The Morgan fingerprint density at radius 1 is 1.00 bits per heavy atom. The van der Waals surface area contributed by atoms with Gasteiger partial charge in [-0.25, -0.2) is 0 Å². The Kier molecular flexibility index (Phi) is 5.49. The number of Topliss-reactive ketones (excluding diaryl/α,β-unsaturated/α-hetero) is 1. The number of rotatable bonds is 4. The van der Waals surface area contributed by atoms with Crippen LogP contribution in [0.1, 0.15) is 49.7 Å². The third kappa shape index (κ3) is 3.44. The molecule has 4 aliphatic rings. The lowest BCUT2D eigenvalue weighted by Gasteiger charge is -2.41. The minimum atomic E-state index is -0.643. The van der Waals surface area contributed by atoms with E-state index in [4.69, 9.17) is 4.42 Å². The summed E-state index contributed by atoms with van der Waals surface area (Å²) >= 11 is 0. The van der Waals surface area contributed by atoms with Gasteiger partial charge in [0.05, 0.1) is 23.4 Å². The fourth-order valence-electron chi connectivity index (χ4n) is 6.46. The van der Waals surface area contributed by atoms with Gasteiger partial charge in [0.25, 0.3) is 0 Å². The van der Waals surface area contributed by atoms with E-state index in [2.05, 4.69) is 0 Å². The summed E-state index contributed by atoms with van der Waals surface area (Å²) < 4.78 is 5.89. The zero-order chi connectivity index (χ0) is 26.0. The number of hydrogen-bond acceptors (Lipinski definition) is 6. The largest absolute Gasteiger partial charge is 0.463 e. The summed E-state index contributed by atoms with van der Waals surface area (Å²) in [5, 5.41) is 9.57.